The van der Waals surface area contributed by atoms with Gasteiger partial charge in [-0.15, -0.1) is 0 Å². The summed E-state index contributed by atoms with van der Waals surface area (Å²) < 4.78 is 70.7. The fraction of sp³-hybridized carbons (Fsp3) is 0.364. The Labute approximate surface area is 195 Å². The van der Waals surface area contributed by atoms with Crippen molar-refractivity contribution < 1.29 is 26.7 Å². The molecule has 5 rings (SSSR count). The Kier molecular flexibility index (Phi) is 5.87. The molecular formula is C22H20F5N7O. The highest BCUT2D eigenvalue weighted by Gasteiger charge is 2.29. The second-order valence-corrected chi connectivity index (χ2v) is 8.44. The fourth-order valence-corrected chi connectivity index (χ4v) is 4.34. The fourth-order valence-electron chi connectivity index (χ4n) is 4.34. The Hall–Kier alpha value is -3.61. The molecular weight excluding hydrogens is 473 g/mol. The van der Waals surface area contributed by atoms with E-state index in [1.165, 1.54) is 17.2 Å². The number of alkyl halides is 3. The van der Waals surface area contributed by atoms with Gasteiger partial charge in [0.25, 0.3) is 18.6 Å². The summed E-state index contributed by atoms with van der Waals surface area (Å²) in [7, 11) is 0. The predicted octanol–water partition coefficient (Wildman–Crippen LogP) is 3.71. The number of rotatable bonds is 4. The molecule has 2 atom stereocenters. The van der Waals surface area contributed by atoms with E-state index in [0.717, 1.165) is 36.1 Å². The van der Waals surface area contributed by atoms with Gasteiger partial charge in [-0.25, -0.2) is 31.6 Å². The van der Waals surface area contributed by atoms with Crippen LogP contribution in [0.3, 0.4) is 0 Å². The van der Waals surface area contributed by atoms with Crippen LogP contribution in [0.2, 0.25) is 0 Å². The number of halogens is 5. The van der Waals surface area contributed by atoms with Crippen LogP contribution in [-0.2, 0) is 0 Å². The highest BCUT2D eigenvalue weighted by Crippen LogP contribution is 2.33. The van der Waals surface area contributed by atoms with E-state index in [4.69, 9.17) is 5.73 Å². The SMILES string of the molecule is NC1CCCCN(C(=O)c2cc3c(cn2)c(-c2cnc4c(F)cc(F)cn24)nn3C(F)C(F)F)C1. The van der Waals surface area contributed by atoms with Crippen molar-refractivity contribution in [2.24, 2.45) is 5.73 Å². The molecule has 1 aliphatic rings. The monoisotopic (exact) mass is 493 g/mol. The second-order valence-electron chi connectivity index (χ2n) is 8.44. The lowest BCUT2D eigenvalue weighted by molar-refractivity contribution is 0.00356. The van der Waals surface area contributed by atoms with Gasteiger partial charge in [-0.05, 0) is 18.9 Å². The van der Waals surface area contributed by atoms with Crippen molar-refractivity contribution in [3.63, 3.8) is 0 Å². The number of aromatic nitrogens is 5. The Bertz CT molecular complexity index is 1420. The van der Waals surface area contributed by atoms with Crippen LogP contribution in [0.4, 0.5) is 22.0 Å². The zero-order valence-corrected chi connectivity index (χ0v) is 18.2. The third kappa shape index (κ3) is 4.09. The summed E-state index contributed by atoms with van der Waals surface area (Å²) in [6.07, 6.45) is -0.557. The highest BCUT2D eigenvalue weighted by molar-refractivity contribution is 5.99. The van der Waals surface area contributed by atoms with Crippen molar-refractivity contribution in [1.29, 1.82) is 0 Å². The smallest absolute Gasteiger partial charge is 0.289 e. The second kappa shape index (κ2) is 8.87. The van der Waals surface area contributed by atoms with Crippen LogP contribution in [0.25, 0.3) is 27.9 Å². The number of hydrogen-bond donors (Lipinski definition) is 1. The molecule has 1 fully saturated rings. The lowest BCUT2D eigenvalue weighted by Crippen LogP contribution is -2.40. The van der Waals surface area contributed by atoms with Gasteiger partial charge < -0.3 is 10.6 Å². The predicted molar refractivity (Wildman–Crippen MR) is 116 cm³/mol. The summed E-state index contributed by atoms with van der Waals surface area (Å²) in [6, 6.07) is 1.63. The quantitative estimate of drug-likeness (QED) is 0.438. The van der Waals surface area contributed by atoms with Crippen molar-refractivity contribution in [3.05, 3.63) is 48.1 Å². The first-order valence-electron chi connectivity index (χ1n) is 10.9. The molecule has 184 valence electrons. The molecule has 4 aromatic heterocycles. The van der Waals surface area contributed by atoms with Crippen LogP contribution in [-0.4, -0.2) is 60.5 Å². The zero-order chi connectivity index (χ0) is 24.9. The molecule has 2 N–H and O–H groups in total. The summed E-state index contributed by atoms with van der Waals surface area (Å²) in [6.45, 7) is 0.767. The Balaban J connectivity index is 1.65. The summed E-state index contributed by atoms with van der Waals surface area (Å²) >= 11 is 0. The van der Waals surface area contributed by atoms with Crippen LogP contribution in [0, 0.1) is 11.6 Å². The maximum atomic E-state index is 14.6. The van der Waals surface area contributed by atoms with Gasteiger partial charge in [0, 0.05) is 43.0 Å². The van der Waals surface area contributed by atoms with Crippen LogP contribution < -0.4 is 5.73 Å². The van der Waals surface area contributed by atoms with Crippen molar-refractivity contribution in [2.75, 3.05) is 13.1 Å². The number of carbonyl (C=O) groups is 1. The molecule has 2 unspecified atom stereocenters. The number of amides is 1. The standard InChI is InChI=1S/C22H20F5N7O/c23-11-5-14(24)21-30-8-17(33(21)9-11)18-13-7-29-15(6-16(13)34(31-18)20(27)19(25)26)22(35)32-4-2-1-3-12(28)10-32/h5-9,12,19-20H,1-4,10,28H2. The molecule has 0 saturated carbocycles. The number of likely N-dealkylation sites (tertiary alicyclic amines) is 1. The number of nitrogens with zero attached hydrogens (tertiary/aromatic N) is 6. The molecule has 0 spiro atoms. The van der Waals surface area contributed by atoms with Gasteiger partial charge >= 0.3 is 0 Å². The first-order valence-corrected chi connectivity index (χ1v) is 10.9. The highest BCUT2D eigenvalue weighted by atomic mass is 19.3. The van der Waals surface area contributed by atoms with Gasteiger partial charge in [-0.3, -0.25) is 14.2 Å². The van der Waals surface area contributed by atoms with Crippen molar-refractivity contribution >= 4 is 22.5 Å². The molecule has 1 amide bonds. The van der Waals surface area contributed by atoms with E-state index < -0.39 is 30.3 Å². The minimum atomic E-state index is -3.42. The molecule has 0 aromatic carbocycles. The van der Waals surface area contributed by atoms with E-state index in [9.17, 15) is 26.7 Å². The molecule has 0 aliphatic carbocycles. The van der Waals surface area contributed by atoms with Crippen LogP contribution in [0.5, 0.6) is 0 Å². The average Bonchev–Trinajstić information content (AvgIpc) is 3.33. The first-order chi connectivity index (χ1) is 16.7. The maximum absolute atomic E-state index is 14.6. The summed E-state index contributed by atoms with van der Waals surface area (Å²) in [4.78, 5) is 22.7. The molecule has 8 nitrogen and oxygen atoms in total. The van der Waals surface area contributed by atoms with E-state index in [2.05, 4.69) is 15.1 Å². The number of hydrogen-bond acceptors (Lipinski definition) is 5. The van der Waals surface area contributed by atoms with Gasteiger partial charge in [0.2, 0.25) is 0 Å². The summed E-state index contributed by atoms with van der Waals surface area (Å²) in [5.74, 6) is -2.32. The third-order valence-corrected chi connectivity index (χ3v) is 6.02. The van der Waals surface area contributed by atoms with Gasteiger partial charge in [0.1, 0.15) is 17.2 Å². The maximum Gasteiger partial charge on any atom is 0.289 e. The number of imidazole rings is 1. The van der Waals surface area contributed by atoms with Crippen molar-refractivity contribution in [1.82, 2.24) is 29.0 Å². The van der Waals surface area contributed by atoms with E-state index in [-0.39, 0.29) is 39.7 Å². The number of pyridine rings is 2. The molecule has 35 heavy (non-hydrogen) atoms. The molecule has 0 radical (unpaired) electrons. The van der Waals surface area contributed by atoms with Gasteiger partial charge in [0.05, 0.1) is 17.4 Å². The van der Waals surface area contributed by atoms with E-state index in [1.54, 1.807) is 0 Å². The van der Waals surface area contributed by atoms with Crippen molar-refractivity contribution in [3.8, 4) is 11.4 Å². The number of nitrogens with two attached hydrogens (primary N) is 1. The topological polar surface area (TPSA) is 94.3 Å². The number of carbonyl (C=O) groups excluding carboxylic acids is 1. The molecule has 13 heteroatoms. The Morgan fingerprint density at radius 3 is 2.69 bits per heavy atom. The minimum Gasteiger partial charge on any atom is -0.336 e. The lowest BCUT2D eigenvalue weighted by Gasteiger charge is -2.22. The van der Waals surface area contributed by atoms with E-state index in [1.807, 2.05) is 0 Å². The molecule has 0 bridgehead atoms. The van der Waals surface area contributed by atoms with E-state index in [0.29, 0.717) is 23.8 Å². The number of fused-ring (bicyclic) bond motifs is 2. The van der Waals surface area contributed by atoms with Gasteiger partial charge in [-0.2, -0.15) is 5.10 Å². The molecule has 1 saturated heterocycles. The Morgan fingerprint density at radius 2 is 1.91 bits per heavy atom. The largest absolute Gasteiger partial charge is 0.336 e. The van der Waals surface area contributed by atoms with Crippen LogP contribution in [0.1, 0.15) is 36.0 Å². The van der Waals surface area contributed by atoms with Crippen LogP contribution in [0.15, 0.2) is 30.7 Å². The normalized spacial score (nSPS) is 17.9. The zero-order valence-electron chi connectivity index (χ0n) is 18.2. The molecule has 1 aliphatic heterocycles. The summed E-state index contributed by atoms with van der Waals surface area (Å²) in [5.41, 5.74) is 5.54. The Morgan fingerprint density at radius 1 is 1.11 bits per heavy atom. The van der Waals surface area contributed by atoms with Gasteiger partial charge in [-0.1, -0.05) is 6.42 Å². The van der Waals surface area contributed by atoms with E-state index >= 15 is 0 Å². The lowest BCUT2D eigenvalue weighted by atomic mass is 10.1. The first kappa shape index (κ1) is 23.1. The summed E-state index contributed by atoms with van der Waals surface area (Å²) in [5, 5.41) is 4.07. The third-order valence-electron chi connectivity index (χ3n) is 6.02. The average molecular weight is 493 g/mol. The van der Waals surface area contributed by atoms with Crippen molar-refractivity contribution in [2.45, 2.75) is 38.0 Å². The molecule has 5 heterocycles. The molecule has 4 aromatic rings. The van der Waals surface area contributed by atoms with Gasteiger partial charge in [0.15, 0.2) is 11.5 Å². The van der Waals surface area contributed by atoms with Crippen LogP contribution >= 0.6 is 0 Å². The minimum absolute atomic E-state index is 0.0305.